The summed E-state index contributed by atoms with van der Waals surface area (Å²) >= 11 is 0. The van der Waals surface area contributed by atoms with Crippen LogP contribution in [0.5, 0.6) is 0 Å². The van der Waals surface area contributed by atoms with Gasteiger partial charge in [-0.05, 0) is 25.7 Å². The van der Waals surface area contributed by atoms with Crippen LogP contribution in [0.2, 0.25) is 0 Å². The van der Waals surface area contributed by atoms with Crippen LogP contribution < -0.4 is 5.32 Å². The summed E-state index contributed by atoms with van der Waals surface area (Å²) < 4.78 is 5.50. The van der Waals surface area contributed by atoms with Gasteiger partial charge in [-0.25, -0.2) is 0 Å². The zero-order valence-corrected chi connectivity index (χ0v) is 48.5. The molecule has 3 N–H and O–H groups in total. The molecule has 0 bridgehead atoms. The minimum atomic E-state index is -0.659. The van der Waals surface area contributed by atoms with Crippen LogP contribution in [0.1, 0.15) is 380 Å². The Morgan fingerprint density at radius 1 is 0.338 bits per heavy atom. The van der Waals surface area contributed by atoms with Gasteiger partial charge in [-0.1, -0.05) is 341 Å². The van der Waals surface area contributed by atoms with Gasteiger partial charge in [0.05, 0.1) is 25.4 Å². The molecule has 71 heavy (non-hydrogen) atoms. The fraction of sp³-hybridized carbons (Fsp3) is 0.969. The average molecular weight is 1000 g/mol. The largest absolute Gasteiger partial charge is 0.466 e. The fourth-order valence-electron chi connectivity index (χ4n) is 10.6. The zero-order valence-electron chi connectivity index (χ0n) is 48.5. The molecule has 0 aliphatic rings. The Hall–Kier alpha value is -1.14. The van der Waals surface area contributed by atoms with Crippen molar-refractivity contribution in [2.24, 2.45) is 0 Å². The van der Waals surface area contributed by atoms with E-state index in [-0.39, 0.29) is 18.5 Å². The normalized spacial score (nSPS) is 12.5. The molecule has 0 aromatic carbocycles. The third kappa shape index (κ3) is 58.0. The van der Waals surface area contributed by atoms with E-state index in [0.29, 0.717) is 25.9 Å². The molecule has 0 rings (SSSR count). The number of aliphatic hydroxyl groups excluding tert-OH is 2. The molecule has 0 radical (unpaired) electrons. The second-order valence-electron chi connectivity index (χ2n) is 22.8. The number of ether oxygens (including phenoxy) is 1. The number of nitrogens with one attached hydrogen (secondary N) is 1. The van der Waals surface area contributed by atoms with Crippen LogP contribution >= 0.6 is 0 Å². The van der Waals surface area contributed by atoms with E-state index in [9.17, 15) is 19.8 Å². The van der Waals surface area contributed by atoms with Crippen molar-refractivity contribution < 1.29 is 24.5 Å². The molecule has 0 heterocycles. The Morgan fingerprint density at radius 3 is 0.859 bits per heavy atom. The molecule has 0 aliphatic carbocycles. The minimum Gasteiger partial charge on any atom is -0.466 e. The van der Waals surface area contributed by atoms with Crippen molar-refractivity contribution in [2.75, 3.05) is 13.2 Å². The van der Waals surface area contributed by atoms with Crippen LogP contribution in [0, 0.1) is 0 Å². The van der Waals surface area contributed by atoms with Gasteiger partial charge in [-0.3, -0.25) is 9.59 Å². The van der Waals surface area contributed by atoms with E-state index in [0.717, 1.165) is 38.5 Å². The van der Waals surface area contributed by atoms with Crippen molar-refractivity contribution in [1.82, 2.24) is 5.32 Å². The number of esters is 1. The summed E-state index contributed by atoms with van der Waals surface area (Å²) in [5.74, 6) is -0.00804. The van der Waals surface area contributed by atoms with E-state index >= 15 is 0 Å². The third-order valence-corrected chi connectivity index (χ3v) is 15.7. The lowest BCUT2D eigenvalue weighted by Crippen LogP contribution is -2.45. The summed E-state index contributed by atoms with van der Waals surface area (Å²) in [6.07, 6.45) is 72.9. The van der Waals surface area contributed by atoms with Crippen LogP contribution in [0.4, 0.5) is 0 Å². The molecular weight excluding hydrogens is 875 g/mol. The fourth-order valence-corrected chi connectivity index (χ4v) is 10.6. The topological polar surface area (TPSA) is 95.9 Å². The number of hydrogen-bond donors (Lipinski definition) is 3. The predicted molar refractivity (Wildman–Crippen MR) is 310 cm³/mol. The molecule has 0 aromatic heterocycles. The Morgan fingerprint density at radius 2 is 0.577 bits per heavy atom. The lowest BCUT2D eigenvalue weighted by Gasteiger charge is -2.22. The van der Waals surface area contributed by atoms with E-state index < -0.39 is 12.1 Å². The third-order valence-electron chi connectivity index (χ3n) is 15.7. The Labute approximate surface area is 445 Å². The predicted octanol–water partition coefficient (Wildman–Crippen LogP) is 20.6. The average Bonchev–Trinajstić information content (AvgIpc) is 3.37. The first-order valence-electron chi connectivity index (χ1n) is 32.8. The number of hydrogen-bond acceptors (Lipinski definition) is 5. The van der Waals surface area contributed by atoms with E-state index in [2.05, 4.69) is 19.2 Å². The Kier molecular flexibility index (Phi) is 60.4. The van der Waals surface area contributed by atoms with Gasteiger partial charge in [0.1, 0.15) is 0 Å². The van der Waals surface area contributed by atoms with Gasteiger partial charge in [-0.2, -0.15) is 0 Å². The zero-order chi connectivity index (χ0) is 51.4. The maximum absolute atomic E-state index is 12.4. The highest BCUT2D eigenvalue weighted by Crippen LogP contribution is 2.19. The van der Waals surface area contributed by atoms with E-state index in [1.54, 1.807) is 0 Å². The number of carbonyl (C=O) groups is 2. The number of carbonyl (C=O) groups excluding carboxylic acids is 2. The minimum absolute atomic E-state index is 0.0232. The van der Waals surface area contributed by atoms with Gasteiger partial charge in [-0.15, -0.1) is 0 Å². The number of aliphatic hydroxyl groups is 2. The maximum atomic E-state index is 12.4. The number of amides is 1. The summed E-state index contributed by atoms with van der Waals surface area (Å²) in [4.78, 5) is 24.5. The summed E-state index contributed by atoms with van der Waals surface area (Å²) in [6.45, 7) is 4.98. The highest BCUT2D eigenvalue weighted by Gasteiger charge is 2.20. The quantitative estimate of drug-likeness (QED) is 0.0417. The Balaban J connectivity index is 3.29. The first kappa shape index (κ1) is 69.9. The molecular formula is C65H129NO5. The number of rotatable bonds is 62. The first-order chi connectivity index (χ1) is 35.0. The molecule has 6 nitrogen and oxygen atoms in total. The molecule has 424 valence electrons. The number of unbranched alkanes of at least 4 members (excludes halogenated alkanes) is 51. The van der Waals surface area contributed by atoms with Gasteiger partial charge in [0.15, 0.2) is 0 Å². The molecule has 0 saturated carbocycles. The van der Waals surface area contributed by atoms with E-state index in [4.69, 9.17) is 4.74 Å². The van der Waals surface area contributed by atoms with Crippen LogP contribution in [-0.2, 0) is 14.3 Å². The van der Waals surface area contributed by atoms with Crippen molar-refractivity contribution in [3.63, 3.8) is 0 Å². The van der Waals surface area contributed by atoms with Gasteiger partial charge in [0.25, 0.3) is 0 Å². The second kappa shape index (κ2) is 61.4. The van der Waals surface area contributed by atoms with Gasteiger partial charge in [0, 0.05) is 12.8 Å². The molecule has 2 unspecified atom stereocenters. The molecule has 0 aliphatic heterocycles. The van der Waals surface area contributed by atoms with Crippen LogP contribution in [0.15, 0.2) is 0 Å². The van der Waals surface area contributed by atoms with Crippen molar-refractivity contribution in [3.8, 4) is 0 Å². The standard InChI is InChI=1S/C65H129NO5/c1-3-5-7-9-11-13-15-16-17-33-36-39-43-47-51-55-59-65(70)71-60-56-52-48-44-40-37-34-31-29-27-25-23-21-19-18-20-22-24-26-28-30-32-35-38-42-46-50-54-58-64(69)66-62(61-67)63(68)57-53-49-45-41-14-12-10-8-6-4-2/h62-63,67-68H,3-61H2,1-2H3,(H,66,69). The smallest absolute Gasteiger partial charge is 0.305 e. The van der Waals surface area contributed by atoms with Crippen molar-refractivity contribution in [1.29, 1.82) is 0 Å². The maximum Gasteiger partial charge on any atom is 0.305 e. The molecule has 0 spiro atoms. The van der Waals surface area contributed by atoms with Gasteiger partial charge < -0.3 is 20.3 Å². The highest BCUT2D eigenvalue weighted by molar-refractivity contribution is 5.76. The molecule has 0 fully saturated rings. The molecule has 0 saturated heterocycles. The summed E-state index contributed by atoms with van der Waals surface area (Å²) in [5, 5.41) is 23.2. The van der Waals surface area contributed by atoms with E-state index in [1.807, 2.05) is 0 Å². The first-order valence-corrected chi connectivity index (χ1v) is 32.8. The lowest BCUT2D eigenvalue weighted by molar-refractivity contribution is -0.143. The molecule has 2 atom stereocenters. The van der Waals surface area contributed by atoms with Gasteiger partial charge >= 0.3 is 5.97 Å². The monoisotopic (exact) mass is 1000 g/mol. The SMILES string of the molecule is CCCCCCCCCCCCCCCCCCC(=O)OCCCCCCCCCCCCCCCCCCCCCCCCCCCCCCC(=O)NC(CO)C(O)CCCCCCCCCCCC. The van der Waals surface area contributed by atoms with Crippen LogP contribution in [-0.4, -0.2) is 47.4 Å². The lowest BCUT2D eigenvalue weighted by atomic mass is 10.0. The van der Waals surface area contributed by atoms with Crippen molar-refractivity contribution in [2.45, 2.75) is 392 Å². The summed E-state index contributed by atoms with van der Waals surface area (Å²) in [6, 6.07) is -0.536. The van der Waals surface area contributed by atoms with Crippen molar-refractivity contribution >= 4 is 11.9 Å². The second-order valence-corrected chi connectivity index (χ2v) is 22.8. The van der Waals surface area contributed by atoms with Gasteiger partial charge in [0.2, 0.25) is 5.91 Å². The summed E-state index contributed by atoms with van der Waals surface area (Å²) in [5.41, 5.74) is 0. The van der Waals surface area contributed by atoms with E-state index in [1.165, 1.54) is 308 Å². The van der Waals surface area contributed by atoms with Crippen LogP contribution in [0.3, 0.4) is 0 Å². The molecule has 6 heteroatoms. The highest BCUT2D eigenvalue weighted by atomic mass is 16.5. The van der Waals surface area contributed by atoms with Crippen LogP contribution in [0.25, 0.3) is 0 Å². The molecule has 1 amide bonds. The summed E-state index contributed by atoms with van der Waals surface area (Å²) in [7, 11) is 0. The Bertz CT molecular complexity index is 1020. The molecule has 0 aromatic rings. The van der Waals surface area contributed by atoms with Crippen molar-refractivity contribution in [3.05, 3.63) is 0 Å².